The minimum Gasteiger partial charge on any atom is -0.322 e. The van der Waals surface area contributed by atoms with Gasteiger partial charge in [0.15, 0.2) is 0 Å². The summed E-state index contributed by atoms with van der Waals surface area (Å²) in [6.07, 6.45) is 0. The normalized spacial score (nSPS) is 11.3. The molecule has 0 atom stereocenters. The maximum Gasteiger partial charge on any atom is 0.125 e. The van der Waals surface area contributed by atoms with Crippen LogP contribution in [0.5, 0.6) is 0 Å². The van der Waals surface area contributed by atoms with Crippen LogP contribution in [-0.4, -0.2) is 9.55 Å². The highest BCUT2D eigenvalue weighted by Crippen LogP contribution is 2.26. The fraction of sp³-hybridized carbons (Fsp3) is 0.154. The molecule has 0 bridgehead atoms. The van der Waals surface area contributed by atoms with E-state index < -0.39 is 0 Å². The van der Waals surface area contributed by atoms with Gasteiger partial charge in [0.05, 0.1) is 27.2 Å². The fourth-order valence-corrected chi connectivity index (χ4v) is 3.87. The molecule has 3 rings (SSSR count). The number of aromatic nitrogens is 2. The lowest BCUT2D eigenvalue weighted by atomic mass is 10.3. The molecule has 0 unspecified atom stereocenters. The van der Waals surface area contributed by atoms with Crippen molar-refractivity contribution < 1.29 is 0 Å². The molecule has 2 heterocycles. The molecule has 0 saturated heterocycles. The summed E-state index contributed by atoms with van der Waals surface area (Å²) in [5.74, 6) is 1.25. The highest BCUT2D eigenvalue weighted by Gasteiger charge is 2.11. The second-order valence-corrected chi connectivity index (χ2v) is 7.34. The van der Waals surface area contributed by atoms with Gasteiger partial charge in [0.1, 0.15) is 5.82 Å². The maximum absolute atomic E-state index is 6.00. The molecule has 0 aliphatic carbocycles. The van der Waals surface area contributed by atoms with E-state index in [1.165, 1.54) is 4.88 Å². The average molecular weight is 376 g/mol. The number of alkyl halides is 1. The van der Waals surface area contributed by atoms with Crippen LogP contribution >= 0.6 is 50.5 Å². The van der Waals surface area contributed by atoms with Gasteiger partial charge in [-0.15, -0.1) is 22.9 Å². The molecule has 0 saturated carbocycles. The number of hydrogen-bond acceptors (Lipinski definition) is 2. The molecular weight excluding hydrogens is 367 g/mol. The minimum atomic E-state index is 0.388. The van der Waals surface area contributed by atoms with Gasteiger partial charge in [0.25, 0.3) is 0 Å². The van der Waals surface area contributed by atoms with Gasteiger partial charge in [-0.25, -0.2) is 4.98 Å². The van der Waals surface area contributed by atoms with Gasteiger partial charge in [-0.3, -0.25) is 0 Å². The molecule has 2 nitrogen and oxygen atoms in total. The van der Waals surface area contributed by atoms with Crippen LogP contribution in [0.1, 0.15) is 10.7 Å². The second kappa shape index (κ2) is 5.44. The minimum absolute atomic E-state index is 0.388. The van der Waals surface area contributed by atoms with Gasteiger partial charge < -0.3 is 4.57 Å². The molecule has 2 aromatic heterocycles. The lowest BCUT2D eigenvalue weighted by molar-refractivity contribution is 0.789. The number of rotatable bonds is 3. The Morgan fingerprint density at radius 3 is 2.79 bits per heavy atom. The van der Waals surface area contributed by atoms with E-state index in [-0.39, 0.29) is 0 Å². The van der Waals surface area contributed by atoms with Crippen LogP contribution < -0.4 is 0 Å². The molecule has 3 aromatic rings. The Morgan fingerprint density at radius 1 is 1.26 bits per heavy atom. The quantitative estimate of drug-likeness (QED) is 0.568. The Balaban J connectivity index is 2.10. The summed E-state index contributed by atoms with van der Waals surface area (Å²) in [4.78, 5) is 5.79. The van der Waals surface area contributed by atoms with E-state index in [1.807, 2.05) is 18.2 Å². The summed E-state index contributed by atoms with van der Waals surface area (Å²) in [5, 5.41) is 0.692. The van der Waals surface area contributed by atoms with Crippen LogP contribution in [0.4, 0.5) is 0 Å². The van der Waals surface area contributed by atoms with Crippen molar-refractivity contribution in [2.75, 3.05) is 0 Å². The van der Waals surface area contributed by atoms with E-state index in [4.69, 9.17) is 23.2 Å². The zero-order valence-corrected chi connectivity index (χ0v) is 13.7. The SMILES string of the molecule is ClCc1nc2cc(Cl)ccc2n1Cc1ccc(Br)s1. The smallest absolute Gasteiger partial charge is 0.125 e. The molecule has 19 heavy (non-hydrogen) atoms. The molecule has 1 aromatic carbocycles. The number of imidazole rings is 1. The van der Waals surface area contributed by atoms with Crippen LogP contribution in [0.15, 0.2) is 34.1 Å². The van der Waals surface area contributed by atoms with E-state index in [0.29, 0.717) is 10.9 Å². The molecule has 0 radical (unpaired) electrons. The van der Waals surface area contributed by atoms with E-state index >= 15 is 0 Å². The summed E-state index contributed by atoms with van der Waals surface area (Å²) in [6.45, 7) is 0.774. The van der Waals surface area contributed by atoms with Crippen molar-refractivity contribution in [1.82, 2.24) is 9.55 Å². The predicted molar refractivity (Wildman–Crippen MR) is 85.4 cm³/mol. The Bertz CT molecular complexity index is 735. The summed E-state index contributed by atoms with van der Waals surface area (Å²) < 4.78 is 3.26. The second-order valence-electron chi connectivity index (χ2n) is 4.09. The largest absolute Gasteiger partial charge is 0.322 e. The summed E-state index contributed by atoms with van der Waals surface area (Å²) in [6, 6.07) is 9.90. The number of hydrogen-bond donors (Lipinski definition) is 0. The Morgan fingerprint density at radius 2 is 2.11 bits per heavy atom. The third-order valence-corrected chi connectivity index (χ3v) is 4.93. The molecule has 0 N–H and O–H groups in total. The number of benzene rings is 1. The van der Waals surface area contributed by atoms with E-state index in [2.05, 4.69) is 37.6 Å². The van der Waals surface area contributed by atoms with Crippen molar-refractivity contribution in [3.63, 3.8) is 0 Å². The van der Waals surface area contributed by atoms with E-state index in [9.17, 15) is 0 Å². The first-order valence-corrected chi connectivity index (χ1v) is 8.14. The zero-order chi connectivity index (χ0) is 13.4. The molecule has 0 fully saturated rings. The van der Waals surface area contributed by atoms with Crippen molar-refractivity contribution in [2.45, 2.75) is 12.4 Å². The van der Waals surface area contributed by atoms with Crippen LogP contribution in [0.3, 0.4) is 0 Å². The van der Waals surface area contributed by atoms with Gasteiger partial charge >= 0.3 is 0 Å². The Kier molecular flexibility index (Phi) is 3.85. The van der Waals surface area contributed by atoms with Crippen molar-refractivity contribution in [3.05, 3.63) is 49.8 Å². The first-order valence-electron chi connectivity index (χ1n) is 5.62. The molecule has 0 amide bonds. The fourth-order valence-electron chi connectivity index (χ4n) is 2.02. The lowest BCUT2D eigenvalue weighted by Gasteiger charge is -2.05. The van der Waals surface area contributed by atoms with Gasteiger partial charge in [0, 0.05) is 9.90 Å². The summed E-state index contributed by atoms with van der Waals surface area (Å²) in [7, 11) is 0. The summed E-state index contributed by atoms with van der Waals surface area (Å²) >= 11 is 17.2. The van der Waals surface area contributed by atoms with Crippen molar-refractivity contribution in [2.24, 2.45) is 0 Å². The molecule has 98 valence electrons. The molecule has 0 spiro atoms. The lowest BCUT2D eigenvalue weighted by Crippen LogP contribution is -2.02. The molecule has 6 heteroatoms. The van der Waals surface area contributed by atoms with Crippen LogP contribution in [0.25, 0.3) is 11.0 Å². The predicted octanol–water partition coefficient (Wildman–Crippen LogP) is 5.30. The Labute approximate surface area is 133 Å². The highest BCUT2D eigenvalue weighted by atomic mass is 79.9. The van der Waals surface area contributed by atoms with Gasteiger partial charge in [-0.05, 0) is 46.3 Å². The highest BCUT2D eigenvalue weighted by molar-refractivity contribution is 9.11. The zero-order valence-electron chi connectivity index (χ0n) is 9.74. The number of nitrogens with zero attached hydrogens (tertiary/aromatic N) is 2. The van der Waals surface area contributed by atoms with E-state index in [0.717, 1.165) is 27.2 Å². The van der Waals surface area contributed by atoms with Gasteiger partial charge in [0.2, 0.25) is 0 Å². The topological polar surface area (TPSA) is 17.8 Å². The van der Waals surface area contributed by atoms with Gasteiger partial charge in [-0.2, -0.15) is 0 Å². The third-order valence-electron chi connectivity index (χ3n) is 2.85. The van der Waals surface area contributed by atoms with Crippen molar-refractivity contribution >= 4 is 61.5 Å². The molecule has 0 aliphatic rings. The number of fused-ring (bicyclic) bond motifs is 1. The maximum atomic E-state index is 6.00. The van der Waals surface area contributed by atoms with Crippen LogP contribution in [0.2, 0.25) is 5.02 Å². The van der Waals surface area contributed by atoms with E-state index in [1.54, 1.807) is 11.3 Å². The van der Waals surface area contributed by atoms with Crippen molar-refractivity contribution in [1.29, 1.82) is 0 Å². The van der Waals surface area contributed by atoms with Gasteiger partial charge in [-0.1, -0.05) is 11.6 Å². The van der Waals surface area contributed by atoms with Crippen molar-refractivity contribution in [3.8, 4) is 0 Å². The molecule has 0 aliphatic heterocycles. The third kappa shape index (κ3) is 2.68. The monoisotopic (exact) mass is 374 g/mol. The summed E-state index contributed by atoms with van der Waals surface area (Å²) in [5.41, 5.74) is 1.95. The first kappa shape index (κ1) is 13.4. The Hall–Kier alpha value is -0.550. The number of thiophene rings is 1. The van der Waals surface area contributed by atoms with Crippen LogP contribution in [0, 0.1) is 0 Å². The first-order chi connectivity index (χ1) is 9.17. The van der Waals surface area contributed by atoms with Crippen LogP contribution in [-0.2, 0) is 12.4 Å². The number of halogens is 3. The molecular formula is C13H9BrCl2N2S. The average Bonchev–Trinajstić information content (AvgIpc) is 2.94. The standard InChI is InChI=1S/C13H9BrCl2N2S/c14-12-4-2-9(19-12)7-18-11-3-1-8(16)5-10(11)17-13(18)6-15/h1-5H,6-7H2.